The fraction of sp³-hybridized carbons (Fsp3) is 0.375. The van der Waals surface area contributed by atoms with Crippen LogP contribution in [0.2, 0.25) is 0 Å². The third-order valence-electron chi connectivity index (χ3n) is 3.95. The highest BCUT2D eigenvalue weighted by Gasteiger charge is 2.20. The van der Waals surface area contributed by atoms with Crippen LogP contribution in [-0.2, 0) is 22.7 Å². The highest BCUT2D eigenvalue weighted by Crippen LogP contribution is 2.32. The lowest BCUT2D eigenvalue weighted by molar-refractivity contribution is 0.102. The van der Waals surface area contributed by atoms with Crippen LogP contribution in [0.5, 0.6) is 0 Å². The van der Waals surface area contributed by atoms with E-state index in [0.717, 1.165) is 31.2 Å². The fourth-order valence-corrected chi connectivity index (χ4v) is 4.41. The van der Waals surface area contributed by atoms with Crippen molar-refractivity contribution in [2.24, 2.45) is 5.92 Å². The molecule has 122 valence electrons. The molecular formula is C16H18N2O3S2. The summed E-state index contributed by atoms with van der Waals surface area (Å²) in [5, 5.41) is 3.42. The minimum atomic E-state index is -3.25. The minimum absolute atomic E-state index is 0.202. The molecule has 0 bridgehead atoms. The number of nitrogens with zero attached hydrogens (tertiary/aromatic N) is 1. The number of rotatable bonds is 3. The van der Waals surface area contributed by atoms with E-state index < -0.39 is 9.84 Å². The van der Waals surface area contributed by atoms with Gasteiger partial charge in [0.2, 0.25) is 0 Å². The Kier molecular flexibility index (Phi) is 4.25. The van der Waals surface area contributed by atoms with E-state index >= 15 is 0 Å². The summed E-state index contributed by atoms with van der Waals surface area (Å²) in [6.07, 6.45) is 4.26. The normalized spacial score (nSPS) is 17.6. The Labute approximate surface area is 139 Å². The number of hydrogen-bond acceptors (Lipinski definition) is 5. The summed E-state index contributed by atoms with van der Waals surface area (Å²) >= 11 is 1.53. The summed E-state index contributed by atoms with van der Waals surface area (Å²) in [7, 11) is -3.25. The average molecular weight is 350 g/mol. The third kappa shape index (κ3) is 3.61. The number of sulfone groups is 1. The molecule has 2 aromatic rings. The molecule has 1 atom stereocenters. The van der Waals surface area contributed by atoms with Gasteiger partial charge in [-0.1, -0.05) is 6.92 Å². The number of nitrogens with one attached hydrogen (secondary N) is 1. The van der Waals surface area contributed by atoms with Crippen molar-refractivity contribution in [2.45, 2.75) is 31.1 Å². The van der Waals surface area contributed by atoms with Gasteiger partial charge in [-0.25, -0.2) is 13.4 Å². The molecule has 0 aliphatic heterocycles. The van der Waals surface area contributed by atoms with Gasteiger partial charge in [0.15, 0.2) is 15.0 Å². The number of amides is 1. The number of carbonyl (C=O) groups excluding carboxylic acids is 1. The number of aryl methyl sites for hydroxylation is 1. The molecule has 1 aromatic heterocycles. The summed E-state index contributed by atoms with van der Waals surface area (Å²) in [6, 6.07) is 5.92. The number of carbonyl (C=O) groups is 1. The molecule has 0 spiro atoms. The van der Waals surface area contributed by atoms with Crippen molar-refractivity contribution < 1.29 is 13.2 Å². The number of thiazole rings is 1. The van der Waals surface area contributed by atoms with Gasteiger partial charge >= 0.3 is 0 Å². The number of aromatic nitrogens is 1. The van der Waals surface area contributed by atoms with Crippen molar-refractivity contribution in [3.63, 3.8) is 0 Å². The molecular weight excluding hydrogens is 332 g/mol. The summed E-state index contributed by atoms with van der Waals surface area (Å²) in [5.74, 6) is 0.388. The molecule has 23 heavy (non-hydrogen) atoms. The van der Waals surface area contributed by atoms with E-state index in [1.807, 2.05) is 0 Å². The Balaban J connectivity index is 1.74. The smallest absolute Gasteiger partial charge is 0.257 e. The molecule has 1 aromatic carbocycles. The van der Waals surface area contributed by atoms with E-state index in [1.165, 1.54) is 40.5 Å². The SMILES string of the molecule is C[C@@H]1CCc2nc(NC(=O)c3ccc(S(C)(=O)=O)cc3)sc2C1. The molecule has 1 heterocycles. The Bertz CT molecular complexity index is 839. The number of fused-ring (bicyclic) bond motifs is 1. The average Bonchev–Trinajstić information content (AvgIpc) is 2.87. The van der Waals surface area contributed by atoms with Crippen LogP contribution in [-0.4, -0.2) is 25.6 Å². The summed E-state index contributed by atoms with van der Waals surface area (Å²) < 4.78 is 22.9. The molecule has 1 N–H and O–H groups in total. The first-order valence-corrected chi connectivity index (χ1v) is 10.1. The molecule has 1 aliphatic rings. The first kappa shape index (κ1) is 16.1. The van der Waals surface area contributed by atoms with Gasteiger partial charge in [0.25, 0.3) is 5.91 Å². The Morgan fingerprint density at radius 1 is 1.30 bits per heavy atom. The zero-order valence-corrected chi connectivity index (χ0v) is 14.6. The molecule has 0 unspecified atom stereocenters. The first-order chi connectivity index (χ1) is 10.8. The largest absolute Gasteiger partial charge is 0.298 e. The van der Waals surface area contributed by atoms with Gasteiger partial charge in [-0.2, -0.15) is 0 Å². The topological polar surface area (TPSA) is 76.1 Å². The number of hydrogen-bond donors (Lipinski definition) is 1. The van der Waals surface area contributed by atoms with Crippen LogP contribution in [0.1, 0.15) is 34.3 Å². The standard InChI is InChI=1S/C16H18N2O3S2/c1-10-3-8-13-14(9-10)22-16(17-13)18-15(19)11-4-6-12(7-5-11)23(2,20)21/h4-7,10H,3,8-9H2,1-2H3,(H,17,18,19)/t10-/m1/s1. The predicted octanol–water partition coefficient (Wildman–Crippen LogP) is 2.92. The lowest BCUT2D eigenvalue weighted by Gasteiger charge is -2.15. The van der Waals surface area contributed by atoms with Gasteiger partial charge in [0, 0.05) is 16.7 Å². The number of anilines is 1. The Morgan fingerprint density at radius 3 is 2.65 bits per heavy atom. The lowest BCUT2D eigenvalue weighted by atomic mass is 9.93. The van der Waals surface area contributed by atoms with Crippen molar-refractivity contribution >= 4 is 32.2 Å². The molecule has 3 rings (SSSR count). The molecule has 0 radical (unpaired) electrons. The first-order valence-electron chi connectivity index (χ1n) is 7.43. The lowest BCUT2D eigenvalue weighted by Crippen LogP contribution is -2.12. The van der Waals surface area contributed by atoms with Gasteiger partial charge in [-0.05, 0) is 49.4 Å². The maximum absolute atomic E-state index is 12.3. The second-order valence-electron chi connectivity index (χ2n) is 5.99. The molecule has 0 saturated heterocycles. The van der Waals surface area contributed by atoms with Gasteiger partial charge in [-0.3, -0.25) is 10.1 Å². The zero-order chi connectivity index (χ0) is 16.6. The van der Waals surface area contributed by atoms with E-state index in [-0.39, 0.29) is 10.8 Å². The van der Waals surface area contributed by atoms with Crippen molar-refractivity contribution in [3.8, 4) is 0 Å². The predicted molar refractivity (Wildman–Crippen MR) is 90.8 cm³/mol. The van der Waals surface area contributed by atoms with E-state index in [1.54, 1.807) is 0 Å². The van der Waals surface area contributed by atoms with Crippen LogP contribution in [0.15, 0.2) is 29.2 Å². The molecule has 1 aliphatic carbocycles. The Morgan fingerprint density at radius 2 is 2.00 bits per heavy atom. The summed E-state index contributed by atoms with van der Waals surface area (Å²) in [5.41, 5.74) is 1.51. The van der Waals surface area contributed by atoms with Crippen molar-refractivity contribution in [3.05, 3.63) is 40.4 Å². The van der Waals surface area contributed by atoms with E-state index in [9.17, 15) is 13.2 Å². The summed E-state index contributed by atoms with van der Waals surface area (Å²) in [6.45, 7) is 2.23. The second-order valence-corrected chi connectivity index (χ2v) is 9.09. The van der Waals surface area contributed by atoms with E-state index in [4.69, 9.17) is 0 Å². The monoisotopic (exact) mass is 350 g/mol. The van der Waals surface area contributed by atoms with Crippen LogP contribution in [0.3, 0.4) is 0 Å². The second kappa shape index (κ2) is 6.05. The van der Waals surface area contributed by atoms with Crippen LogP contribution >= 0.6 is 11.3 Å². The molecule has 7 heteroatoms. The van der Waals surface area contributed by atoms with Crippen LogP contribution in [0.25, 0.3) is 0 Å². The van der Waals surface area contributed by atoms with Gasteiger partial charge in [0.1, 0.15) is 0 Å². The zero-order valence-electron chi connectivity index (χ0n) is 13.0. The maximum Gasteiger partial charge on any atom is 0.257 e. The van der Waals surface area contributed by atoms with Gasteiger partial charge in [-0.15, -0.1) is 11.3 Å². The van der Waals surface area contributed by atoms with Crippen LogP contribution in [0.4, 0.5) is 5.13 Å². The number of benzene rings is 1. The Hall–Kier alpha value is -1.73. The quantitative estimate of drug-likeness (QED) is 0.923. The van der Waals surface area contributed by atoms with Crippen molar-refractivity contribution in [2.75, 3.05) is 11.6 Å². The molecule has 1 amide bonds. The molecule has 5 nitrogen and oxygen atoms in total. The van der Waals surface area contributed by atoms with Gasteiger partial charge < -0.3 is 0 Å². The van der Waals surface area contributed by atoms with Gasteiger partial charge in [0.05, 0.1) is 10.6 Å². The maximum atomic E-state index is 12.3. The van der Waals surface area contributed by atoms with Crippen molar-refractivity contribution in [1.82, 2.24) is 4.98 Å². The van der Waals surface area contributed by atoms with Crippen molar-refractivity contribution in [1.29, 1.82) is 0 Å². The molecule has 0 fully saturated rings. The third-order valence-corrected chi connectivity index (χ3v) is 6.12. The molecule has 0 saturated carbocycles. The summed E-state index contributed by atoms with van der Waals surface area (Å²) in [4.78, 5) is 18.2. The highest BCUT2D eigenvalue weighted by molar-refractivity contribution is 7.90. The van der Waals surface area contributed by atoms with Crippen LogP contribution < -0.4 is 5.32 Å². The fourth-order valence-electron chi connectivity index (χ4n) is 2.62. The highest BCUT2D eigenvalue weighted by atomic mass is 32.2. The van der Waals surface area contributed by atoms with E-state index in [0.29, 0.717) is 16.6 Å². The minimum Gasteiger partial charge on any atom is -0.298 e. The van der Waals surface area contributed by atoms with Crippen LogP contribution in [0, 0.1) is 5.92 Å². The van der Waals surface area contributed by atoms with E-state index in [2.05, 4.69) is 17.2 Å².